The van der Waals surface area contributed by atoms with Crippen LogP contribution in [-0.4, -0.2) is 36.2 Å². The van der Waals surface area contributed by atoms with Gasteiger partial charge in [0.05, 0.1) is 11.3 Å². The Morgan fingerprint density at radius 3 is 2.71 bits per heavy atom. The Balaban J connectivity index is 1.77. The molecule has 4 N–H and O–H groups in total. The van der Waals surface area contributed by atoms with Gasteiger partial charge < -0.3 is 21.1 Å². The van der Waals surface area contributed by atoms with Crippen LogP contribution in [0.3, 0.4) is 0 Å². The summed E-state index contributed by atoms with van der Waals surface area (Å²) in [6, 6.07) is 5.20. The molecule has 1 fully saturated rings. The molecule has 0 bridgehead atoms. The van der Waals surface area contributed by atoms with Gasteiger partial charge in [-0.3, -0.25) is 0 Å². The molecule has 2 amide bonds. The molecule has 0 radical (unpaired) electrons. The van der Waals surface area contributed by atoms with Gasteiger partial charge in [-0.1, -0.05) is 11.6 Å². The van der Waals surface area contributed by atoms with Crippen molar-refractivity contribution in [3.05, 3.63) is 29.3 Å². The number of hydrogen-bond acceptors (Lipinski definition) is 3. The summed E-state index contributed by atoms with van der Waals surface area (Å²) in [4.78, 5) is 22.9. The second kappa shape index (κ2) is 7.08. The lowest BCUT2D eigenvalue weighted by molar-refractivity contribution is 0.0698. The van der Waals surface area contributed by atoms with E-state index in [9.17, 15) is 9.59 Å². The number of carbonyl (C=O) groups excluding carboxylic acids is 1. The number of carbonyl (C=O) groups is 2. The summed E-state index contributed by atoms with van der Waals surface area (Å²) >= 11 is 0. The van der Waals surface area contributed by atoms with Crippen LogP contribution in [0.5, 0.6) is 0 Å². The van der Waals surface area contributed by atoms with Crippen LogP contribution in [0.4, 0.5) is 10.5 Å². The van der Waals surface area contributed by atoms with Gasteiger partial charge >= 0.3 is 12.0 Å². The largest absolute Gasteiger partial charge is 0.478 e. The van der Waals surface area contributed by atoms with Gasteiger partial charge in [0, 0.05) is 12.6 Å². The number of carboxylic acid groups (broad SMARTS) is 1. The summed E-state index contributed by atoms with van der Waals surface area (Å²) < 4.78 is 0. The molecule has 1 aliphatic carbocycles. The zero-order valence-corrected chi connectivity index (χ0v) is 12.1. The maximum absolute atomic E-state index is 11.7. The molecule has 6 heteroatoms. The fourth-order valence-corrected chi connectivity index (χ4v) is 1.99. The first kappa shape index (κ1) is 15.3. The Morgan fingerprint density at radius 2 is 2.05 bits per heavy atom. The summed E-state index contributed by atoms with van der Waals surface area (Å²) in [7, 11) is 0. The minimum atomic E-state index is -1.05. The Morgan fingerprint density at radius 1 is 1.29 bits per heavy atom. The van der Waals surface area contributed by atoms with Gasteiger partial charge in [0.15, 0.2) is 0 Å². The highest BCUT2D eigenvalue weighted by atomic mass is 16.4. The Labute approximate surface area is 123 Å². The lowest BCUT2D eigenvalue weighted by Crippen LogP contribution is -2.32. The van der Waals surface area contributed by atoms with Crippen molar-refractivity contribution >= 4 is 17.7 Å². The van der Waals surface area contributed by atoms with Crippen molar-refractivity contribution in [2.24, 2.45) is 0 Å². The highest BCUT2D eigenvalue weighted by Gasteiger charge is 2.19. The highest BCUT2D eigenvalue weighted by molar-refractivity contribution is 6.00. The number of benzene rings is 1. The van der Waals surface area contributed by atoms with Gasteiger partial charge in [0.1, 0.15) is 0 Å². The number of carboxylic acids is 1. The molecular weight excluding hydrogens is 270 g/mol. The molecule has 114 valence electrons. The van der Waals surface area contributed by atoms with Crippen LogP contribution >= 0.6 is 0 Å². The second-order valence-corrected chi connectivity index (χ2v) is 5.32. The number of aryl methyl sites for hydroxylation is 1. The molecule has 0 aromatic heterocycles. The van der Waals surface area contributed by atoms with Gasteiger partial charge in [-0.05, 0) is 44.9 Å². The topological polar surface area (TPSA) is 90.5 Å². The van der Waals surface area contributed by atoms with Crippen molar-refractivity contribution < 1.29 is 14.7 Å². The van der Waals surface area contributed by atoms with E-state index in [-0.39, 0.29) is 11.6 Å². The number of urea groups is 1. The van der Waals surface area contributed by atoms with E-state index >= 15 is 0 Å². The fourth-order valence-electron chi connectivity index (χ4n) is 1.99. The highest BCUT2D eigenvalue weighted by Crippen LogP contribution is 2.18. The third kappa shape index (κ3) is 5.07. The average molecular weight is 291 g/mol. The summed E-state index contributed by atoms with van der Waals surface area (Å²) in [6.07, 6.45) is 3.35. The molecule has 2 rings (SSSR count). The molecule has 1 aliphatic rings. The van der Waals surface area contributed by atoms with E-state index in [1.807, 2.05) is 6.92 Å². The number of anilines is 1. The molecule has 0 saturated heterocycles. The summed E-state index contributed by atoms with van der Waals surface area (Å²) in [5.41, 5.74) is 1.24. The van der Waals surface area contributed by atoms with Crippen molar-refractivity contribution in [3.63, 3.8) is 0 Å². The second-order valence-electron chi connectivity index (χ2n) is 5.32. The molecule has 21 heavy (non-hydrogen) atoms. The lowest BCUT2D eigenvalue weighted by Gasteiger charge is -2.10. The van der Waals surface area contributed by atoms with Crippen molar-refractivity contribution in [3.8, 4) is 0 Å². The molecule has 6 nitrogen and oxygen atoms in total. The summed E-state index contributed by atoms with van der Waals surface area (Å²) in [6.45, 7) is 3.25. The maximum atomic E-state index is 11.7. The van der Waals surface area contributed by atoms with Gasteiger partial charge in [-0.2, -0.15) is 0 Å². The third-order valence-electron chi connectivity index (χ3n) is 3.30. The first-order valence-electron chi connectivity index (χ1n) is 7.18. The van der Waals surface area contributed by atoms with E-state index in [1.54, 1.807) is 12.1 Å². The molecule has 1 aromatic carbocycles. The number of nitrogens with one attached hydrogen (secondary N) is 3. The molecule has 0 unspecified atom stereocenters. The fraction of sp³-hybridized carbons (Fsp3) is 0.467. The molecule has 0 spiro atoms. The van der Waals surface area contributed by atoms with Gasteiger partial charge in [-0.25, -0.2) is 9.59 Å². The normalized spacial score (nSPS) is 13.8. The minimum absolute atomic E-state index is 0.0977. The van der Waals surface area contributed by atoms with Crippen LogP contribution < -0.4 is 16.0 Å². The first-order chi connectivity index (χ1) is 10.1. The average Bonchev–Trinajstić information content (AvgIpc) is 3.24. The summed E-state index contributed by atoms with van der Waals surface area (Å²) in [5.74, 6) is -1.05. The zero-order valence-electron chi connectivity index (χ0n) is 12.1. The third-order valence-corrected chi connectivity index (χ3v) is 3.30. The van der Waals surface area contributed by atoms with E-state index in [0.29, 0.717) is 18.3 Å². The van der Waals surface area contributed by atoms with Crippen molar-refractivity contribution in [1.82, 2.24) is 10.6 Å². The molecule has 0 aliphatic heterocycles. The molecule has 1 saturated carbocycles. The van der Waals surface area contributed by atoms with E-state index in [1.165, 1.54) is 18.9 Å². The molecule has 1 aromatic rings. The Hall–Kier alpha value is -2.08. The number of hydrogen-bond donors (Lipinski definition) is 4. The SMILES string of the molecule is Cc1ccc(NC(=O)NCCCNC2CC2)c(C(=O)O)c1. The Kier molecular flexibility index (Phi) is 5.16. The van der Waals surface area contributed by atoms with Crippen molar-refractivity contribution in [1.29, 1.82) is 0 Å². The zero-order chi connectivity index (χ0) is 15.2. The minimum Gasteiger partial charge on any atom is -0.478 e. The van der Waals surface area contributed by atoms with Gasteiger partial charge in [-0.15, -0.1) is 0 Å². The van der Waals surface area contributed by atoms with Crippen LogP contribution in [0.1, 0.15) is 35.2 Å². The Bertz CT molecular complexity index is 527. The van der Waals surface area contributed by atoms with Crippen LogP contribution in [0.2, 0.25) is 0 Å². The van der Waals surface area contributed by atoms with Gasteiger partial charge in [0.2, 0.25) is 0 Å². The van der Waals surface area contributed by atoms with Crippen LogP contribution in [0.15, 0.2) is 18.2 Å². The first-order valence-corrected chi connectivity index (χ1v) is 7.18. The molecular formula is C15H21N3O3. The predicted molar refractivity (Wildman–Crippen MR) is 80.8 cm³/mol. The van der Waals surface area contributed by atoms with Crippen molar-refractivity contribution in [2.45, 2.75) is 32.2 Å². The predicted octanol–water partition coefficient (Wildman–Crippen LogP) is 1.96. The van der Waals surface area contributed by atoms with E-state index < -0.39 is 5.97 Å². The number of aromatic carboxylic acids is 1. The lowest BCUT2D eigenvalue weighted by atomic mass is 10.1. The molecule has 0 atom stereocenters. The van der Waals surface area contributed by atoms with Crippen LogP contribution in [0, 0.1) is 6.92 Å². The number of amides is 2. The van der Waals surface area contributed by atoms with Crippen molar-refractivity contribution in [2.75, 3.05) is 18.4 Å². The summed E-state index contributed by atoms with van der Waals surface area (Å²) in [5, 5.41) is 17.8. The maximum Gasteiger partial charge on any atom is 0.337 e. The van der Waals surface area contributed by atoms with E-state index in [4.69, 9.17) is 5.11 Å². The quantitative estimate of drug-likeness (QED) is 0.578. The van der Waals surface area contributed by atoms with Crippen LogP contribution in [0.25, 0.3) is 0 Å². The van der Waals surface area contributed by atoms with E-state index in [2.05, 4.69) is 16.0 Å². The molecule has 0 heterocycles. The van der Waals surface area contributed by atoms with Gasteiger partial charge in [0.25, 0.3) is 0 Å². The monoisotopic (exact) mass is 291 g/mol. The van der Waals surface area contributed by atoms with E-state index in [0.717, 1.165) is 18.5 Å². The standard InChI is InChI=1S/C15H21N3O3/c1-10-3-6-13(12(9-10)14(19)20)18-15(21)17-8-2-7-16-11-4-5-11/h3,6,9,11,16H,2,4-5,7-8H2,1H3,(H,19,20)(H2,17,18,21). The van der Waals surface area contributed by atoms with Crippen LogP contribution in [-0.2, 0) is 0 Å². The number of rotatable bonds is 7. The smallest absolute Gasteiger partial charge is 0.337 e.